The molecule has 1 nitrogen and oxygen atoms in total. The first-order valence-electron chi connectivity index (χ1n) is 3.67. The Morgan fingerprint density at radius 3 is 2.43 bits per heavy atom. The SMILES string of the molecule is C=Ic1ccc(OC(F)(F)F)c(C)c1. The topological polar surface area (TPSA) is 9.23 Å². The molecule has 0 unspecified atom stereocenters. The molecule has 0 saturated heterocycles. The predicted molar refractivity (Wildman–Crippen MR) is 57.7 cm³/mol. The fourth-order valence-corrected chi connectivity index (χ4v) is 2.06. The lowest BCUT2D eigenvalue weighted by Gasteiger charge is -2.11. The molecule has 0 aliphatic rings. The summed E-state index contributed by atoms with van der Waals surface area (Å²) in [5.74, 6) is -0.140. The van der Waals surface area contributed by atoms with Gasteiger partial charge < -0.3 is 4.74 Å². The second-order valence-corrected chi connectivity index (χ2v) is 4.60. The Hall–Kier alpha value is -0.590. The maximum absolute atomic E-state index is 11.9. The summed E-state index contributed by atoms with van der Waals surface area (Å²) in [6.07, 6.45) is -4.62. The van der Waals surface area contributed by atoms with Crippen LogP contribution < -0.4 is 4.74 Å². The first-order chi connectivity index (χ1) is 6.42. The average Bonchev–Trinajstić information content (AvgIpc) is 2.06. The molecule has 78 valence electrons. The van der Waals surface area contributed by atoms with E-state index >= 15 is 0 Å². The van der Waals surface area contributed by atoms with Crippen molar-refractivity contribution in [1.82, 2.24) is 0 Å². The first kappa shape index (κ1) is 11.5. The van der Waals surface area contributed by atoms with Crippen LogP contribution in [-0.4, -0.2) is 10.9 Å². The smallest absolute Gasteiger partial charge is 0.406 e. The fourth-order valence-electron chi connectivity index (χ4n) is 0.935. The van der Waals surface area contributed by atoms with E-state index in [9.17, 15) is 13.2 Å². The molecule has 0 aliphatic heterocycles. The van der Waals surface area contributed by atoms with Gasteiger partial charge in [-0.2, -0.15) is 0 Å². The monoisotopic (exact) mass is 316 g/mol. The van der Waals surface area contributed by atoms with Gasteiger partial charge in [0.1, 0.15) is 5.75 Å². The summed E-state index contributed by atoms with van der Waals surface area (Å²) in [6.45, 7) is 1.59. The van der Waals surface area contributed by atoms with Crippen LogP contribution in [0.15, 0.2) is 18.2 Å². The lowest BCUT2D eigenvalue weighted by Crippen LogP contribution is -2.17. The standard InChI is InChI=1S/C9H8F3IO/c1-6-5-7(13-2)3-4-8(6)14-9(10,11)12/h3-5H,2H2,1H3. The highest BCUT2D eigenvalue weighted by Gasteiger charge is 2.31. The summed E-state index contributed by atoms with van der Waals surface area (Å²) in [6, 6.07) is 4.64. The molecule has 1 aromatic carbocycles. The third-order valence-electron chi connectivity index (χ3n) is 1.52. The van der Waals surface area contributed by atoms with E-state index in [1.807, 2.05) is 0 Å². The zero-order chi connectivity index (χ0) is 10.8. The minimum Gasteiger partial charge on any atom is -0.406 e. The molecular formula is C9H8F3IO. The van der Waals surface area contributed by atoms with Crippen LogP contribution in [0.3, 0.4) is 0 Å². The van der Waals surface area contributed by atoms with E-state index in [0.717, 1.165) is 3.57 Å². The molecule has 0 atom stereocenters. The molecule has 0 aliphatic carbocycles. The van der Waals surface area contributed by atoms with Crippen molar-refractivity contribution in [1.29, 1.82) is 0 Å². The first-order valence-corrected chi connectivity index (χ1v) is 6.27. The van der Waals surface area contributed by atoms with Gasteiger partial charge in [-0.1, -0.05) is 25.2 Å². The predicted octanol–water partition coefficient (Wildman–Crippen LogP) is 3.47. The molecule has 0 N–H and O–H groups in total. The summed E-state index contributed by atoms with van der Waals surface area (Å²) in [5.41, 5.74) is 0.489. The van der Waals surface area contributed by atoms with E-state index < -0.39 is 6.36 Å². The van der Waals surface area contributed by atoms with Crippen molar-refractivity contribution in [2.24, 2.45) is 0 Å². The molecule has 0 bridgehead atoms. The summed E-state index contributed by atoms with van der Waals surface area (Å²) < 4.78 is 44.2. The molecule has 1 aromatic rings. The summed E-state index contributed by atoms with van der Waals surface area (Å²) in [7, 11) is 0. The lowest BCUT2D eigenvalue weighted by molar-refractivity contribution is -0.274. The molecule has 0 radical (unpaired) electrons. The van der Waals surface area contributed by atoms with Gasteiger partial charge in [-0.05, 0) is 30.7 Å². The molecule has 0 aromatic heterocycles. The number of alkyl halides is 3. The molecule has 0 amide bonds. The Kier molecular flexibility index (Phi) is 3.52. The molecule has 0 saturated carbocycles. The second kappa shape index (κ2) is 4.29. The number of rotatable bonds is 2. The Morgan fingerprint density at radius 1 is 1.36 bits per heavy atom. The third kappa shape index (κ3) is 3.28. The quantitative estimate of drug-likeness (QED) is 0.759. The minimum absolute atomic E-state index is 0.140. The van der Waals surface area contributed by atoms with Crippen molar-refractivity contribution in [2.45, 2.75) is 13.3 Å². The van der Waals surface area contributed by atoms with Crippen LogP contribution >= 0.6 is 20.7 Å². The van der Waals surface area contributed by atoms with Gasteiger partial charge in [-0.15, -0.1) is 13.2 Å². The van der Waals surface area contributed by atoms with Crippen LogP contribution in [0.1, 0.15) is 5.56 Å². The number of benzene rings is 1. The van der Waals surface area contributed by atoms with Crippen molar-refractivity contribution in [3.63, 3.8) is 0 Å². The molecule has 1 rings (SSSR count). The number of hydrogen-bond donors (Lipinski definition) is 0. The van der Waals surface area contributed by atoms with Crippen molar-refractivity contribution < 1.29 is 17.9 Å². The Labute approximate surface area is 89.6 Å². The van der Waals surface area contributed by atoms with Gasteiger partial charge in [0, 0.05) is 3.57 Å². The third-order valence-corrected chi connectivity index (χ3v) is 3.07. The minimum atomic E-state index is -4.62. The van der Waals surface area contributed by atoms with Crippen LogP contribution in [0.5, 0.6) is 5.75 Å². The van der Waals surface area contributed by atoms with Crippen molar-refractivity contribution in [3.05, 3.63) is 27.3 Å². The maximum Gasteiger partial charge on any atom is 0.573 e. The van der Waals surface area contributed by atoms with E-state index in [-0.39, 0.29) is 26.5 Å². The molecule has 0 fully saturated rings. The van der Waals surface area contributed by atoms with Crippen LogP contribution in [0.4, 0.5) is 13.2 Å². The van der Waals surface area contributed by atoms with E-state index in [1.54, 1.807) is 19.1 Å². The van der Waals surface area contributed by atoms with Crippen LogP contribution in [-0.2, 0) is 0 Å². The van der Waals surface area contributed by atoms with Crippen LogP contribution in [0.25, 0.3) is 0 Å². The molecule has 0 spiro atoms. The van der Waals surface area contributed by atoms with Crippen LogP contribution in [0, 0.1) is 10.5 Å². The largest absolute Gasteiger partial charge is 0.573 e. The van der Waals surface area contributed by atoms with E-state index in [0.29, 0.717) is 5.56 Å². The molecule has 0 heterocycles. The highest BCUT2D eigenvalue weighted by molar-refractivity contribution is 14.2. The van der Waals surface area contributed by atoms with Gasteiger partial charge in [-0.3, -0.25) is 0 Å². The van der Waals surface area contributed by atoms with Gasteiger partial charge in [0.15, 0.2) is 0 Å². The average molecular weight is 316 g/mol. The lowest BCUT2D eigenvalue weighted by atomic mass is 10.2. The van der Waals surface area contributed by atoms with E-state index in [1.165, 1.54) is 6.07 Å². The normalized spacial score (nSPS) is 11.4. The fraction of sp³-hybridized carbons (Fsp3) is 0.222. The Morgan fingerprint density at radius 2 is 2.00 bits per heavy atom. The van der Waals surface area contributed by atoms with Gasteiger partial charge in [0.2, 0.25) is 0 Å². The number of hydrogen-bond acceptors (Lipinski definition) is 1. The molecule has 5 heteroatoms. The summed E-state index contributed by atoms with van der Waals surface area (Å²) in [5, 5.41) is 0. The zero-order valence-corrected chi connectivity index (χ0v) is 9.52. The van der Waals surface area contributed by atoms with Gasteiger partial charge in [0.25, 0.3) is 0 Å². The van der Waals surface area contributed by atoms with Gasteiger partial charge in [0.05, 0.1) is 0 Å². The Balaban J connectivity index is 2.95. The summed E-state index contributed by atoms with van der Waals surface area (Å²) in [4.78, 5) is 0. The summed E-state index contributed by atoms with van der Waals surface area (Å²) >= 11 is -0.341. The zero-order valence-electron chi connectivity index (χ0n) is 7.36. The van der Waals surface area contributed by atoms with Crippen molar-refractivity contribution >= 4 is 25.2 Å². The van der Waals surface area contributed by atoms with E-state index in [4.69, 9.17) is 0 Å². The Bertz CT molecular complexity index is 346. The second-order valence-electron chi connectivity index (χ2n) is 2.59. The van der Waals surface area contributed by atoms with Gasteiger partial charge in [-0.25, -0.2) is 0 Å². The molecular weight excluding hydrogens is 308 g/mol. The van der Waals surface area contributed by atoms with E-state index in [2.05, 4.69) is 9.25 Å². The number of aryl methyl sites for hydroxylation is 1. The highest BCUT2D eigenvalue weighted by atomic mass is 127. The maximum atomic E-state index is 11.9. The van der Waals surface area contributed by atoms with Crippen LogP contribution in [0.2, 0.25) is 0 Å². The van der Waals surface area contributed by atoms with Crippen molar-refractivity contribution in [3.8, 4) is 5.75 Å². The number of ether oxygens (including phenoxy) is 1. The van der Waals surface area contributed by atoms with Gasteiger partial charge >= 0.3 is 6.36 Å². The van der Waals surface area contributed by atoms with Crippen molar-refractivity contribution in [2.75, 3.05) is 0 Å². The molecule has 14 heavy (non-hydrogen) atoms. The highest BCUT2D eigenvalue weighted by Crippen LogP contribution is 2.27. The number of halogens is 4.